The van der Waals surface area contributed by atoms with E-state index in [1.807, 2.05) is 61.2 Å². The predicted octanol–water partition coefficient (Wildman–Crippen LogP) is 2.11. The molecule has 0 spiro atoms. The first-order valence-electron chi connectivity index (χ1n) is 6.27. The standard InChI is InChI=1S/C15H22N2O/c1-4-17(15(18)13-16(2)3)12-8-11-14-9-6-5-7-10-14/h5-11H,4,12-13H2,1-3H3/b11-8+. The van der Waals surface area contributed by atoms with Crippen molar-refractivity contribution in [2.24, 2.45) is 0 Å². The van der Waals surface area contributed by atoms with Crippen molar-refractivity contribution in [3.8, 4) is 0 Å². The maximum atomic E-state index is 11.9. The molecule has 1 amide bonds. The number of hydrogen-bond donors (Lipinski definition) is 0. The van der Waals surface area contributed by atoms with Gasteiger partial charge in [-0.25, -0.2) is 0 Å². The van der Waals surface area contributed by atoms with Gasteiger partial charge in [-0.15, -0.1) is 0 Å². The Morgan fingerprint density at radius 1 is 1.22 bits per heavy atom. The molecule has 0 atom stereocenters. The molecule has 18 heavy (non-hydrogen) atoms. The van der Waals surface area contributed by atoms with Gasteiger partial charge < -0.3 is 9.80 Å². The Balaban J connectivity index is 2.49. The first-order chi connectivity index (χ1) is 8.63. The summed E-state index contributed by atoms with van der Waals surface area (Å²) in [5.41, 5.74) is 1.16. The average Bonchev–Trinajstić information content (AvgIpc) is 2.35. The molecule has 1 aromatic rings. The molecule has 0 heterocycles. The molecule has 0 bridgehead atoms. The molecule has 0 aliphatic rings. The van der Waals surface area contributed by atoms with Gasteiger partial charge in [-0.05, 0) is 26.6 Å². The molecule has 3 heteroatoms. The van der Waals surface area contributed by atoms with E-state index in [0.29, 0.717) is 13.1 Å². The van der Waals surface area contributed by atoms with E-state index in [-0.39, 0.29) is 5.91 Å². The number of hydrogen-bond acceptors (Lipinski definition) is 2. The van der Waals surface area contributed by atoms with E-state index < -0.39 is 0 Å². The molecule has 1 rings (SSSR count). The molecular formula is C15H22N2O. The zero-order valence-corrected chi connectivity index (χ0v) is 11.5. The summed E-state index contributed by atoms with van der Waals surface area (Å²) in [4.78, 5) is 15.6. The van der Waals surface area contributed by atoms with Gasteiger partial charge in [0.05, 0.1) is 6.54 Å². The van der Waals surface area contributed by atoms with E-state index in [2.05, 4.69) is 12.1 Å². The maximum absolute atomic E-state index is 11.9. The van der Waals surface area contributed by atoms with Gasteiger partial charge in [-0.2, -0.15) is 0 Å². The molecule has 0 unspecified atom stereocenters. The van der Waals surface area contributed by atoms with Crippen LogP contribution >= 0.6 is 0 Å². The van der Waals surface area contributed by atoms with Gasteiger partial charge in [0.25, 0.3) is 0 Å². The lowest BCUT2D eigenvalue weighted by atomic mass is 10.2. The second-order valence-corrected chi connectivity index (χ2v) is 4.48. The van der Waals surface area contributed by atoms with E-state index in [1.54, 1.807) is 0 Å². The molecule has 98 valence electrons. The van der Waals surface area contributed by atoms with Gasteiger partial charge in [-0.3, -0.25) is 4.79 Å². The van der Waals surface area contributed by atoms with Crippen molar-refractivity contribution in [2.45, 2.75) is 6.92 Å². The lowest BCUT2D eigenvalue weighted by Crippen LogP contribution is -2.37. The van der Waals surface area contributed by atoms with E-state index in [1.165, 1.54) is 0 Å². The minimum absolute atomic E-state index is 0.167. The summed E-state index contributed by atoms with van der Waals surface area (Å²) < 4.78 is 0. The summed E-state index contributed by atoms with van der Waals surface area (Å²) in [7, 11) is 3.82. The Morgan fingerprint density at radius 2 is 1.89 bits per heavy atom. The third kappa shape index (κ3) is 5.15. The van der Waals surface area contributed by atoms with Crippen LogP contribution in [0.1, 0.15) is 12.5 Å². The van der Waals surface area contributed by atoms with E-state index in [4.69, 9.17) is 0 Å². The third-order valence-corrected chi connectivity index (χ3v) is 2.62. The van der Waals surface area contributed by atoms with Crippen LogP contribution in [0, 0.1) is 0 Å². The Bertz CT molecular complexity index is 385. The van der Waals surface area contributed by atoms with E-state index in [0.717, 1.165) is 12.1 Å². The van der Waals surface area contributed by atoms with Crippen LogP contribution in [0.5, 0.6) is 0 Å². The smallest absolute Gasteiger partial charge is 0.236 e. The summed E-state index contributed by atoms with van der Waals surface area (Å²) in [5.74, 6) is 0.167. The summed E-state index contributed by atoms with van der Waals surface area (Å²) in [6.45, 7) is 3.88. The quantitative estimate of drug-likeness (QED) is 0.767. The molecule has 0 aliphatic carbocycles. The van der Waals surface area contributed by atoms with Gasteiger partial charge >= 0.3 is 0 Å². The highest BCUT2D eigenvalue weighted by Crippen LogP contribution is 2.01. The van der Waals surface area contributed by atoms with Crippen molar-refractivity contribution in [2.75, 3.05) is 33.7 Å². The number of carbonyl (C=O) groups excluding carboxylic acids is 1. The Labute approximate surface area is 110 Å². The topological polar surface area (TPSA) is 23.6 Å². The van der Waals surface area contributed by atoms with Crippen LogP contribution in [0.2, 0.25) is 0 Å². The SMILES string of the molecule is CCN(C/C=C/c1ccccc1)C(=O)CN(C)C. The average molecular weight is 246 g/mol. The Hall–Kier alpha value is -1.61. The van der Waals surface area contributed by atoms with Gasteiger partial charge in [0.1, 0.15) is 0 Å². The fourth-order valence-electron chi connectivity index (χ4n) is 1.66. The fraction of sp³-hybridized carbons (Fsp3) is 0.400. The molecule has 0 N–H and O–H groups in total. The van der Waals surface area contributed by atoms with Crippen molar-refractivity contribution in [1.29, 1.82) is 0 Å². The lowest BCUT2D eigenvalue weighted by Gasteiger charge is -2.21. The zero-order chi connectivity index (χ0) is 13.4. The van der Waals surface area contributed by atoms with E-state index in [9.17, 15) is 4.79 Å². The van der Waals surface area contributed by atoms with Crippen LogP contribution in [0.3, 0.4) is 0 Å². The van der Waals surface area contributed by atoms with Crippen molar-refractivity contribution in [3.63, 3.8) is 0 Å². The summed E-state index contributed by atoms with van der Waals surface area (Å²) in [5, 5.41) is 0. The van der Waals surface area contributed by atoms with Crippen LogP contribution < -0.4 is 0 Å². The van der Waals surface area contributed by atoms with Crippen LogP contribution in [-0.4, -0.2) is 49.4 Å². The molecule has 0 saturated carbocycles. The molecule has 0 saturated heterocycles. The van der Waals surface area contributed by atoms with Crippen molar-refractivity contribution >= 4 is 12.0 Å². The largest absolute Gasteiger partial charge is 0.338 e. The van der Waals surface area contributed by atoms with Crippen molar-refractivity contribution in [3.05, 3.63) is 42.0 Å². The van der Waals surface area contributed by atoms with Crippen molar-refractivity contribution < 1.29 is 4.79 Å². The highest BCUT2D eigenvalue weighted by atomic mass is 16.2. The highest BCUT2D eigenvalue weighted by molar-refractivity contribution is 5.78. The van der Waals surface area contributed by atoms with E-state index >= 15 is 0 Å². The second-order valence-electron chi connectivity index (χ2n) is 4.48. The fourth-order valence-corrected chi connectivity index (χ4v) is 1.66. The highest BCUT2D eigenvalue weighted by Gasteiger charge is 2.10. The first kappa shape index (κ1) is 14.5. The van der Waals surface area contributed by atoms with Crippen LogP contribution in [0.25, 0.3) is 6.08 Å². The summed E-state index contributed by atoms with van der Waals surface area (Å²) in [6.07, 6.45) is 4.08. The van der Waals surface area contributed by atoms with Crippen LogP contribution in [-0.2, 0) is 4.79 Å². The molecule has 3 nitrogen and oxygen atoms in total. The predicted molar refractivity (Wildman–Crippen MR) is 76.3 cm³/mol. The Morgan fingerprint density at radius 3 is 2.44 bits per heavy atom. The summed E-state index contributed by atoms with van der Waals surface area (Å²) in [6, 6.07) is 10.1. The number of rotatable bonds is 6. The van der Waals surface area contributed by atoms with Gasteiger partial charge in [0.15, 0.2) is 0 Å². The number of nitrogens with zero attached hydrogens (tertiary/aromatic N) is 2. The molecule has 0 aromatic heterocycles. The summed E-state index contributed by atoms with van der Waals surface area (Å²) >= 11 is 0. The minimum Gasteiger partial charge on any atom is -0.338 e. The maximum Gasteiger partial charge on any atom is 0.236 e. The van der Waals surface area contributed by atoms with Crippen LogP contribution in [0.15, 0.2) is 36.4 Å². The van der Waals surface area contributed by atoms with Crippen molar-refractivity contribution in [1.82, 2.24) is 9.80 Å². The molecule has 0 radical (unpaired) electrons. The molecular weight excluding hydrogens is 224 g/mol. The molecule has 0 aliphatic heterocycles. The molecule has 1 aromatic carbocycles. The number of carbonyl (C=O) groups is 1. The van der Waals surface area contributed by atoms with Crippen LogP contribution in [0.4, 0.5) is 0 Å². The van der Waals surface area contributed by atoms with Gasteiger partial charge in [0.2, 0.25) is 5.91 Å². The minimum atomic E-state index is 0.167. The lowest BCUT2D eigenvalue weighted by molar-refractivity contribution is -0.131. The number of amides is 1. The normalized spacial score (nSPS) is 11.1. The van der Waals surface area contributed by atoms with Gasteiger partial charge in [0, 0.05) is 13.1 Å². The van der Waals surface area contributed by atoms with Gasteiger partial charge in [-0.1, -0.05) is 42.5 Å². The monoisotopic (exact) mass is 246 g/mol. The zero-order valence-electron chi connectivity index (χ0n) is 11.5. The third-order valence-electron chi connectivity index (χ3n) is 2.62. The second kappa shape index (κ2) is 7.67. The number of benzene rings is 1. The molecule has 0 fully saturated rings. The first-order valence-corrected chi connectivity index (χ1v) is 6.27. The Kier molecular flexibility index (Phi) is 6.15. The number of likely N-dealkylation sites (N-methyl/N-ethyl adjacent to an activating group) is 2.